The Balaban J connectivity index is 2.11. The molecule has 15 heavy (non-hydrogen) atoms. The second-order valence-electron chi connectivity index (χ2n) is 3.54. The molecular weight excluding hydrogens is 218 g/mol. The topological polar surface area (TPSA) is 42.7 Å². The van der Waals surface area contributed by atoms with E-state index in [9.17, 15) is 4.79 Å². The fourth-order valence-electron chi connectivity index (χ4n) is 1.62. The maximum atomic E-state index is 12.0. The third-order valence-corrected chi connectivity index (χ3v) is 2.67. The van der Waals surface area contributed by atoms with Crippen LogP contribution in [0.4, 0.5) is 0 Å². The molecule has 1 aromatic rings. The second kappa shape index (κ2) is 4.24. The summed E-state index contributed by atoms with van der Waals surface area (Å²) in [5.41, 5.74) is 0.422. The van der Waals surface area contributed by atoms with Crippen molar-refractivity contribution in [2.24, 2.45) is 0 Å². The highest BCUT2D eigenvalue weighted by molar-refractivity contribution is 6.32. The predicted molar refractivity (Wildman–Crippen MR) is 55.0 cm³/mol. The number of hydrogen-bond acceptors (Lipinski definition) is 3. The normalized spacial score (nSPS) is 21.7. The highest BCUT2D eigenvalue weighted by Crippen LogP contribution is 2.19. The number of nitrogens with zero attached hydrogens (tertiary/aromatic N) is 1. The first-order valence-corrected chi connectivity index (χ1v) is 5.20. The number of rotatable bonds is 1. The summed E-state index contributed by atoms with van der Waals surface area (Å²) in [5.74, 6) is -0.0936. The molecule has 0 saturated carbocycles. The van der Waals surface area contributed by atoms with Gasteiger partial charge in [0.25, 0.3) is 5.91 Å². The molecule has 1 unspecified atom stereocenters. The van der Waals surface area contributed by atoms with Crippen molar-refractivity contribution in [2.75, 3.05) is 19.7 Å². The zero-order chi connectivity index (χ0) is 10.8. The van der Waals surface area contributed by atoms with Crippen LogP contribution in [0.1, 0.15) is 17.3 Å². The zero-order valence-electron chi connectivity index (χ0n) is 8.40. The molecule has 1 fully saturated rings. The van der Waals surface area contributed by atoms with Gasteiger partial charge in [0.15, 0.2) is 0 Å². The summed E-state index contributed by atoms with van der Waals surface area (Å²) < 4.78 is 10.2. The standard InChI is InChI=1S/C10H12ClNO3/c1-7-6-12(3-5-14-7)10(13)8-2-4-15-9(8)11/h2,4,7H,3,5-6H2,1H3. The number of morpholine rings is 1. The molecule has 0 radical (unpaired) electrons. The smallest absolute Gasteiger partial charge is 0.258 e. The van der Waals surface area contributed by atoms with Gasteiger partial charge in [-0.05, 0) is 24.6 Å². The molecule has 82 valence electrons. The van der Waals surface area contributed by atoms with Crippen LogP contribution in [0.2, 0.25) is 5.22 Å². The Kier molecular flexibility index (Phi) is 2.98. The molecule has 1 atom stereocenters. The number of carbonyl (C=O) groups excluding carboxylic acids is 1. The van der Waals surface area contributed by atoms with Gasteiger partial charge in [0, 0.05) is 13.1 Å². The highest BCUT2D eigenvalue weighted by Gasteiger charge is 2.24. The third-order valence-electron chi connectivity index (χ3n) is 2.38. The number of amides is 1. The van der Waals surface area contributed by atoms with E-state index in [0.717, 1.165) is 0 Å². The van der Waals surface area contributed by atoms with E-state index in [1.54, 1.807) is 11.0 Å². The zero-order valence-corrected chi connectivity index (χ0v) is 9.16. The number of hydrogen-bond donors (Lipinski definition) is 0. The van der Waals surface area contributed by atoms with Crippen LogP contribution in [-0.2, 0) is 4.74 Å². The van der Waals surface area contributed by atoms with Gasteiger partial charge in [-0.1, -0.05) is 0 Å². The van der Waals surface area contributed by atoms with Crippen molar-refractivity contribution in [3.8, 4) is 0 Å². The summed E-state index contributed by atoms with van der Waals surface area (Å²) in [6.07, 6.45) is 1.49. The van der Waals surface area contributed by atoms with E-state index >= 15 is 0 Å². The summed E-state index contributed by atoms with van der Waals surface area (Å²) in [5, 5.41) is 0.152. The van der Waals surface area contributed by atoms with Crippen LogP contribution in [0.3, 0.4) is 0 Å². The molecule has 0 spiro atoms. The molecule has 0 bridgehead atoms. The summed E-state index contributed by atoms with van der Waals surface area (Å²) in [4.78, 5) is 13.7. The first kappa shape index (κ1) is 10.5. The Morgan fingerprint density at radius 2 is 2.47 bits per heavy atom. The Morgan fingerprint density at radius 1 is 1.67 bits per heavy atom. The van der Waals surface area contributed by atoms with Crippen molar-refractivity contribution in [3.05, 3.63) is 23.1 Å². The predicted octanol–water partition coefficient (Wildman–Crippen LogP) is 1.79. The van der Waals surface area contributed by atoms with E-state index in [2.05, 4.69) is 0 Å². The minimum atomic E-state index is -0.0936. The Bertz CT molecular complexity index is 363. The number of halogens is 1. The minimum Gasteiger partial charge on any atom is -0.452 e. The van der Waals surface area contributed by atoms with Gasteiger partial charge in [-0.25, -0.2) is 0 Å². The molecule has 2 heterocycles. The fourth-order valence-corrected chi connectivity index (χ4v) is 1.81. The average Bonchev–Trinajstić information content (AvgIpc) is 2.63. The van der Waals surface area contributed by atoms with E-state index in [1.165, 1.54) is 6.26 Å². The molecule has 5 heteroatoms. The Labute approximate surface area is 92.7 Å². The van der Waals surface area contributed by atoms with Gasteiger partial charge >= 0.3 is 0 Å². The first-order valence-electron chi connectivity index (χ1n) is 4.82. The third kappa shape index (κ3) is 2.16. The summed E-state index contributed by atoms with van der Waals surface area (Å²) >= 11 is 5.74. The van der Waals surface area contributed by atoms with Gasteiger partial charge in [-0.3, -0.25) is 4.79 Å². The molecule has 0 aromatic carbocycles. The maximum absolute atomic E-state index is 12.0. The molecular formula is C10H12ClNO3. The Morgan fingerprint density at radius 3 is 3.07 bits per heavy atom. The lowest BCUT2D eigenvalue weighted by Gasteiger charge is -2.30. The lowest BCUT2D eigenvalue weighted by Crippen LogP contribution is -2.44. The van der Waals surface area contributed by atoms with Crippen LogP contribution < -0.4 is 0 Å². The molecule has 1 aliphatic heterocycles. The van der Waals surface area contributed by atoms with E-state index < -0.39 is 0 Å². The maximum Gasteiger partial charge on any atom is 0.258 e. The van der Waals surface area contributed by atoms with Crippen molar-refractivity contribution in [3.63, 3.8) is 0 Å². The van der Waals surface area contributed by atoms with E-state index in [4.69, 9.17) is 20.8 Å². The van der Waals surface area contributed by atoms with Crippen LogP contribution in [0, 0.1) is 0 Å². The van der Waals surface area contributed by atoms with Crippen molar-refractivity contribution in [2.45, 2.75) is 13.0 Å². The molecule has 1 amide bonds. The summed E-state index contributed by atoms with van der Waals surface area (Å²) in [6.45, 7) is 3.71. The van der Waals surface area contributed by atoms with Gasteiger partial charge in [-0.2, -0.15) is 0 Å². The molecule has 0 N–H and O–H groups in total. The van der Waals surface area contributed by atoms with Crippen LogP contribution in [0.25, 0.3) is 0 Å². The lowest BCUT2D eigenvalue weighted by molar-refractivity contribution is -0.0124. The number of ether oxygens (including phenoxy) is 1. The highest BCUT2D eigenvalue weighted by atomic mass is 35.5. The average molecular weight is 230 g/mol. The van der Waals surface area contributed by atoms with E-state index in [-0.39, 0.29) is 17.2 Å². The second-order valence-corrected chi connectivity index (χ2v) is 3.88. The molecule has 0 aliphatic carbocycles. The van der Waals surface area contributed by atoms with Crippen molar-refractivity contribution < 1.29 is 13.9 Å². The molecule has 1 saturated heterocycles. The van der Waals surface area contributed by atoms with Crippen LogP contribution in [-0.4, -0.2) is 36.6 Å². The van der Waals surface area contributed by atoms with E-state index in [0.29, 0.717) is 25.3 Å². The molecule has 1 aliphatic rings. The molecule has 4 nitrogen and oxygen atoms in total. The lowest BCUT2D eigenvalue weighted by atomic mass is 10.2. The van der Waals surface area contributed by atoms with Gasteiger partial charge in [0.1, 0.15) is 0 Å². The number of furan rings is 1. The largest absolute Gasteiger partial charge is 0.452 e. The van der Waals surface area contributed by atoms with Gasteiger partial charge < -0.3 is 14.1 Å². The summed E-state index contributed by atoms with van der Waals surface area (Å²) in [7, 11) is 0. The van der Waals surface area contributed by atoms with Gasteiger partial charge in [0.2, 0.25) is 5.22 Å². The van der Waals surface area contributed by atoms with E-state index in [1.807, 2.05) is 6.92 Å². The van der Waals surface area contributed by atoms with Gasteiger partial charge in [-0.15, -0.1) is 0 Å². The quantitative estimate of drug-likeness (QED) is 0.738. The van der Waals surface area contributed by atoms with Crippen LogP contribution in [0.5, 0.6) is 0 Å². The minimum absolute atomic E-state index is 0.0772. The van der Waals surface area contributed by atoms with Crippen LogP contribution in [0.15, 0.2) is 16.7 Å². The van der Waals surface area contributed by atoms with Crippen molar-refractivity contribution in [1.82, 2.24) is 4.90 Å². The van der Waals surface area contributed by atoms with Crippen LogP contribution >= 0.6 is 11.6 Å². The summed E-state index contributed by atoms with van der Waals surface area (Å²) in [6, 6.07) is 1.59. The van der Waals surface area contributed by atoms with Crippen molar-refractivity contribution in [1.29, 1.82) is 0 Å². The fraction of sp³-hybridized carbons (Fsp3) is 0.500. The number of carbonyl (C=O) groups is 1. The molecule has 2 rings (SSSR count). The van der Waals surface area contributed by atoms with Gasteiger partial charge in [0.05, 0.1) is 24.5 Å². The first-order chi connectivity index (χ1) is 7.18. The SMILES string of the molecule is CC1CN(C(=O)c2ccoc2Cl)CCO1. The molecule has 1 aromatic heterocycles. The monoisotopic (exact) mass is 229 g/mol. The Hall–Kier alpha value is -1.00. The van der Waals surface area contributed by atoms with Crippen molar-refractivity contribution >= 4 is 17.5 Å².